The van der Waals surface area contributed by atoms with Crippen LogP contribution in [0.25, 0.3) is 10.9 Å². The van der Waals surface area contributed by atoms with Crippen LogP contribution in [0.2, 0.25) is 0 Å². The molecule has 3 rings (SSSR count). The van der Waals surface area contributed by atoms with Crippen LogP contribution < -0.4 is 10.1 Å². The van der Waals surface area contributed by atoms with Crippen LogP contribution in [0.3, 0.4) is 0 Å². The molecular formula is C20H21FN2O2. The molecule has 25 heavy (non-hydrogen) atoms. The highest BCUT2D eigenvalue weighted by Gasteiger charge is 2.14. The highest BCUT2D eigenvalue weighted by Crippen LogP contribution is 2.26. The van der Waals surface area contributed by atoms with Gasteiger partial charge in [-0.1, -0.05) is 19.1 Å². The number of hydrogen-bond donors (Lipinski definition) is 2. The maximum Gasteiger partial charge on any atom is 0.228 e. The molecule has 1 aromatic heterocycles. The Labute approximate surface area is 146 Å². The quantitative estimate of drug-likeness (QED) is 0.690. The summed E-state index contributed by atoms with van der Waals surface area (Å²) >= 11 is 0. The molecule has 0 saturated carbocycles. The number of anilines is 1. The zero-order chi connectivity index (χ0) is 17.8. The molecule has 0 spiro atoms. The molecule has 0 unspecified atom stereocenters. The van der Waals surface area contributed by atoms with E-state index in [0.29, 0.717) is 18.0 Å². The summed E-state index contributed by atoms with van der Waals surface area (Å²) in [5, 5.41) is 3.63. The summed E-state index contributed by atoms with van der Waals surface area (Å²) in [4.78, 5) is 15.7. The predicted octanol–water partition coefficient (Wildman–Crippen LogP) is 4.59. The molecule has 3 aromatic rings. The molecule has 0 aliphatic carbocycles. The number of rotatable bonds is 6. The normalized spacial score (nSPS) is 10.8. The average molecular weight is 340 g/mol. The number of fused-ring (bicyclic) bond motifs is 1. The summed E-state index contributed by atoms with van der Waals surface area (Å²) in [6.45, 7) is 4.51. The Morgan fingerprint density at radius 3 is 2.84 bits per heavy atom. The van der Waals surface area contributed by atoms with E-state index in [1.54, 1.807) is 6.07 Å². The van der Waals surface area contributed by atoms with Gasteiger partial charge >= 0.3 is 0 Å². The fourth-order valence-electron chi connectivity index (χ4n) is 2.85. The van der Waals surface area contributed by atoms with Gasteiger partial charge in [-0.25, -0.2) is 4.39 Å². The first-order chi connectivity index (χ1) is 12.1. The molecule has 2 aromatic carbocycles. The number of carbonyl (C=O) groups excluding carboxylic acids is 1. The van der Waals surface area contributed by atoms with Crippen LogP contribution in [0.4, 0.5) is 10.1 Å². The lowest BCUT2D eigenvalue weighted by Gasteiger charge is -2.12. The van der Waals surface area contributed by atoms with Gasteiger partial charge in [0.2, 0.25) is 5.91 Å². The molecule has 2 N–H and O–H groups in total. The SMILES string of the molecule is CCCOc1ccccc1NC(=O)Cc1c(C)[nH]c2ccc(F)cc12. The number of aromatic nitrogens is 1. The summed E-state index contributed by atoms with van der Waals surface area (Å²) in [6, 6.07) is 11.9. The number of benzene rings is 2. The van der Waals surface area contributed by atoms with Crippen LogP contribution in [0.5, 0.6) is 5.75 Å². The average Bonchev–Trinajstić information content (AvgIpc) is 2.89. The Balaban J connectivity index is 1.80. The van der Waals surface area contributed by atoms with Gasteiger partial charge < -0.3 is 15.0 Å². The van der Waals surface area contributed by atoms with Crippen molar-refractivity contribution in [2.75, 3.05) is 11.9 Å². The number of amides is 1. The van der Waals surface area contributed by atoms with Gasteiger partial charge in [0, 0.05) is 16.6 Å². The maximum absolute atomic E-state index is 13.6. The van der Waals surface area contributed by atoms with E-state index in [9.17, 15) is 9.18 Å². The lowest BCUT2D eigenvalue weighted by molar-refractivity contribution is -0.115. The van der Waals surface area contributed by atoms with E-state index in [1.165, 1.54) is 12.1 Å². The molecule has 4 nitrogen and oxygen atoms in total. The van der Waals surface area contributed by atoms with Crippen LogP contribution in [0.1, 0.15) is 24.6 Å². The third kappa shape index (κ3) is 3.82. The molecule has 5 heteroatoms. The number of aromatic amines is 1. The van der Waals surface area contributed by atoms with Gasteiger partial charge in [0.05, 0.1) is 18.7 Å². The van der Waals surface area contributed by atoms with Crippen molar-refractivity contribution in [3.63, 3.8) is 0 Å². The van der Waals surface area contributed by atoms with Gasteiger partial charge in [0.1, 0.15) is 11.6 Å². The van der Waals surface area contributed by atoms with Crippen molar-refractivity contribution in [3.8, 4) is 5.75 Å². The van der Waals surface area contributed by atoms with Gasteiger partial charge in [0.15, 0.2) is 0 Å². The molecule has 130 valence electrons. The van der Waals surface area contributed by atoms with Crippen molar-refractivity contribution >= 4 is 22.5 Å². The number of carbonyl (C=O) groups is 1. The van der Waals surface area contributed by atoms with E-state index in [2.05, 4.69) is 10.3 Å². The topological polar surface area (TPSA) is 54.1 Å². The number of para-hydroxylation sites is 2. The fraction of sp³-hybridized carbons (Fsp3) is 0.250. The Morgan fingerprint density at radius 2 is 2.04 bits per heavy atom. The fourth-order valence-corrected chi connectivity index (χ4v) is 2.85. The second kappa shape index (κ2) is 7.38. The van der Waals surface area contributed by atoms with Crippen LogP contribution in [-0.4, -0.2) is 17.5 Å². The third-order valence-corrected chi connectivity index (χ3v) is 4.04. The molecule has 0 aliphatic rings. The molecule has 0 atom stereocenters. The summed E-state index contributed by atoms with van der Waals surface area (Å²) in [7, 11) is 0. The highest BCUT2D eigenvalue weighted by atomic mass is 19.1. The maximum atomic E-state index is 13.6. The van der Waals surface area contributed by atoms with Crippen molar-refractivity contribution in [3.05, 3.63) is 59.5 Å². The van der Waals surface area contributed by atoms with E-state index >= 15 is 0 Å². The molecule has 1 amide bonds. The van der Waals surface area contributed by atoms with E-state index in [0.717, 1.165) is 28.6 Å². The molecule has 0 aliphatic heterocycles. The van der Waals surface area contributed by atoms with Gasteiger partial charge in [-0.2, -0.15) is 0 Å². The van der Waals surface area contributed by atoms with E-state index in [1.807, 2.05) is 38.1 Å². The van der Waals surface area contributed by atoms with E-state index in [4.69, 9.17) is 4.74 Å². The minimum Gasteiger partial charge on any atom is -0.491 e. The Kier molecular flexibility index (Phi) is 5.03. The van der Waals surface area contributed by atoms with Crippen LogP contribution in [0.15, 0.2) is 42.5 Å². The van der Waals surface area contributed by atoms with Crippen LogP contribution in [-0.2, 0) is 11.2 Å². The monoisotopic (exact) mass is 340 g/mol. The van der Waals surface area contributed by atoms with Gasteiger partial charge in [-0.05, 0) is 49.2 Å². The molecule has 0 saturated heterocycles. The van der Waals surface area contributed by atoms with Crippen LogP contribution in [0, 0.1) is 12.7 Å². The Morgan fingerprint density at radius 1 is 1.24 bits per heavy atom. The summed E-state index contributed by atoms with van der Waals surface area (Å²) < 4.78 is 19.2. The minimum absolute atomic E-state index is 0.164. The number of ether oxygens (including phenoxy) is 1. The van der Waals surface area contributed by atoms with Crippen molar-refractivity contribution in [1.29, 1.82) is 0 Å². The third-order valence-electron chi connectivity index (χ3n) is 4.04. The highest BCUT2D eigenvalue weighted by molar-refractivity contribution is 5.97. The van der Waals surface area contributed by atoms with Gasteiger partial charge in [0.25, 0.3) is 0 Å². The number of halogens is 1. The van der Waals surface area contributed by atoms with Gasteiger partial charge in [-0.3, -0.25) is 4.79 Å². The number of hydrogen-bond acceptors (Lipinski definition) is 2. The first kappa shape index (κ1) is 17.0. The lowest BCUT2D eigenvalue weighted by atomic mass is 10.1. The zero-order valence-electron chi connectivity index (χ0n) is 14.4. The second-order valence-electron chi connectivity index (χ2n) is 5.99. The van der Waals surface area contributed by atoms with Crippen LogP contribution >= 0.6 is 0 Å². The number of H-pyrrole nitrogens is 1. The van der Waals surface area contributed by atoms with Crippen molar-refractivity contribution < 1.29 is 13.9 Å². The summed E-state index contributed by atoms with van der Waals surface area (Å²) in [5.41, 5.74) is 3.14. The predicted molar refractivity (Wildman–Crippen MR) is 97.6 cm³/mol. The second-order valence-corrected chi connectivity index (χ2v) is 5.99. The molecule has 1 heterocycles. The smallest absolute Gasteiger partial charge is 0.228 e. The minimum atomic E-state index is -0.313. The number of nitrogens with one attached hydrogen (secondary N) is 2. The Bertz CT molecular complexity index is 902. The van der Waals surface area contributed by atoms with E-state index in [-0.39, 0.29) is 18.1 Å². The van der Waals surface area contributed by atoms with Gasteiger partial charge in [-0.15, -0.1) is 0 Å². The number of aryl methyl sites for hydroxylation is 1. The standard InChI is InChI=1S/C20H21FN2O2/c1-3-10-25-19-7-5-4-6-18(19)23-20(24)12-15-13(2)22-17-9-8-14(21)11-16(15)17/h4-9,11,22H,3,10,12H2,1-2H3,(H,23,24). The Hall–Kier alpha value is -2.82. The molecule has 0 bridgehead atoms. The summed E-state index contributed by atoms with van der Waals surface area (Å²) in [6.07, 6.45) is 1.06. The first-order valence-corrected chi connectivity index (χ1v) is 8.37. The van der Waals surface area contributed by atoms with Crippen molar-refractivity contribution in [2.45, 2.75) is 26.7 Å². The first-order valence-electron chi connectivity index (χ1n) is 8.37. The molecular weight excluding hydrogens is 319 g/mol. The largest absolute Gasteiger partial charge is 0.491 e. The summed E-state index contributed by atoms with van der Waals surface area (Å²) in [5.74, 6) is 0.173. The van der Waals surface area contributed by atoms with Crippen molar-refractivity contribution in [1.82, 2.24) is 4.98 Å². The van der Waals surface area contributed by atoms with E-state index < -0.39 is 0 Å². The zero-order valence-corrected chi connectivity index (χ0v) is 14.4. The molecule has 0 fully saturated rings. The molecule has 0 radical (unpaired) electrons. The van der Waals surface area contributed by atoms with Crippen molar-refractivity contribution in [2.24, 2.45) is 0 Å². The lowest BCUT2D eigenvalue weighted by Crippen LogP contribution is -2.15.